The Bertz CT molecular complexity index is 581. The topological polar surface area (TPSA) is 21.3 Å². The summed E-state index contributed by atoms with van der Waals surface area (Å²) in [5.74, 6) is 0.684. The molecule has 20 heavy (non-hydrogen) atoms. The van der Waals surface area contributed by atoms with Crippen LogP contribution >= 0.6 is 11.6 Å². The van der Waals surface area contributed by atoms with Crippen LogP contribution in [-0.2, 0) is 0 Å². The number of rotatable bonds is 6. The molecule has 0 fully saturated rings. The van der Waals surface area contributed by atoms with Crippen molar-refractivity contribution >= 4 is 11.6 Å². The summed E-state index contributed by atoms with van der Waals surface area (Å²) < 4.78 is 5.67. The Labute approximate surface area is 125 Å². The van der Waals surface area contributed by atoms with Crippen LogP contribution in [0.3, 0.4) is 0 Å². The highest BCUT2D eigenvalue weighted by molar-refractivity contribution is 6.32. The lowest BCUT2D eigenvalue weighted by atomic mass is 10.1. The molecule has 0 atom stereocenters. The predicted molar refractivity (Wildman–Crippen MR) is 85.4 cm³/mol. The summed E-state index contributed by atoms with van der Waals surface area (Å²) in [6, 6.07) is 16.0. The van der Waals surface area contributed by atoms with Crippen LogP contribution in [0.15, 0.2) is 60.7 Å². The zero-order valence-electron chi connectivity index (χ0n) is 11.5. The van der Waals surface area contributed by atoms with E-state index in [1.807, 2.05) is 43.4 Å². The monoisotopic (exact) mass is 287 g/mol. The predicted octanol–water partition coefficient (Wildman–Crippen LogP) is 4.16. The van der Waals surface area contributed by atoms with E-state index in [1.165, 1.54) is 0 Å². The lowest BCUT2D eigenvalue weighted by Gasteiger charge is -2.11. The summed E-state index contributed by atoms with van der Waals surface area (Å²) in [5.41, 5.74) is 3.20. The van der Waals surface area contributed by atoms with Crippen molar-refractivity contribution < 1.29 is 4.74 Å². The van der Waals surface area contributed by atoms with Crippen molar-refractivity contribution in [3.8, 4) is 16.9 Å². The van der Waals surface area contributed by atoms with Crippen molar-refractivity contribution in [3.05, 3.63) is 65.7 Å². The standard InChI is InChI=1S/C17H18ClNO/c1-13(11-19-2)12-20-17-9-8-15(10-16(17)18)14-6-4-3-5-7-14/h3-10,19H,1,11-12H2,2H3. The van der Waals surface area contributed by atoms with Crippen molar-refractivity contribution in [2.75, 3.05) is 20.2 Å². The highest BCUT2D eigenvalue weighted by atomic mass is 35.5. The molecule has 0 spiro atoms. The van der Waals surface area contributed by atoms with Crippen molar-refractivity contribution in [1.29, 1.82) is 0 Å². The summed E-state index contributed by atoms with van der Waals surface area (Å²) in [6.07, 6.45) is 0. The largest absolute Gasteiger partial charge is 0.488 e. The lowest BCUT2D eigenvalue weighted by Crippen LogP contribution is -2.14. The molecule has 0 unspecified atom stereocenters. The average molecular weight is 288 g/mol. The van der Waals surface area contributed by atoms with Gasteiger partial charge in [-0.25, -0.2) is 0 Å². The molecule has 2 nitrogen and oxygen atoms in total. The van der Waals surface area contributed by atoms with Gasteiger partial charge in [-0.1, -0.05) is 54.6 Å². The molecule has 0 aromatic heterocycles. The summed E-state index contributed by atoms with van der Waals surface area (Å²) in [6.45, 7) is 5.12. The zero-order chi connectivity index (χ0) is 14.4. The van der Waals surface area contributed by atoms with E-state index in [4.69, 9.17) is 16.3 Å². The molecule has 1 N–H and O–H groups in total. The van der Waals surface area contributed by atoms with E-state index < -0.39 is 0 Å². The van der Waals surface area contributed by atoms with Crippen molar-refractivity contribution in [3.63, 3.8) is 0 Å². The summed E-state index contributed by atoms with van der Waals surface area (Å²) >= 11 is 6.27. The molecule has 0 saturated heterocycles. The molecule has 3 heteroatoms. The zero-order valence-corrected chi connectivity index (χ0v) is 12.3. The number of halogens is 1. The second-order valence-corrected chi connectivity index (χ2v) is 4.99. The first kappa shape index (κ1) is 14.6. The highest BCUT2D eigenvalue weighted by Crippen LogP contribution is 2.30. The number of nitrogens with one attached hydrogen (secondary N) is 1. The van der Waals surface area contributed by atoms with Crippen LogP contribution in [0.1, 0.15) is 0 Å². The number of ether oxygens (including phenoxy) is 1. The Morgan fingerprint density at radius 2 is 1.90 bits per heavy atom. The van der Waals surface area contributed by atoms with E-state index >= 15 is 0 Å². The quantitative estimate of drug-likeness (QED) is 0.806. The van der Waals surface area contributed by atoms with Gasteiger partial charge in [-0.15, -0.1) is 0 Å². The second-order valence-electron chi connectivity index (χ2n) is 4.58. The molecule has 0 bridgehead atoms. The van der Waals surface area contributed by atoms with Gasteiger partial charge in [0.25, 0.3) is 0 Å². The molecular weight excluding hydrogens is 270 g/mol. The van der Waals surface area contributed by atoms with Gasteiger partial charge >= 0.3 is 0 Å². The number of benzene rings is 2. The van der Waals surface area contributed by atoms with Crippen LogP contribution in [0.25, 0.3) is 11.1 Å². The fraction of sp³-hybridized carbons (Fsp3) is 0.176. The van der Waals surface area contributed by atoms with Gasteiger partial charge in [0.2, 0.25) is 0 Å². The second kappa shape index (κ2) is 7.13. The Morgan fingerprint density at radius 3 is 2.55 bits per heavy atom. The molecule has 0 aliphatic carbocycles. The lowest BCUT2D eigenvalue weighted by molar-refractivity contribution is 0.349. The van der Waals surface area contributed by atoms with Gasteiger partial charge in [0.1, 0.15) is 12.4 Å². The first-order valence-electron chi connectivity index (χ1n) is 6.49. The maximum Gasteiger partial charge on any atom is 0.138 e. The van der Waals surface area contributed by atoms with Crippen molar-refractivity contribution in [2.24, 2.45) is 0 Å². The highest BCUT2D eigenvalue weighted by Gasteiger charge is 2.05. The number of hydrogen-bond donors (Lipinski definition) is 1. The minimum atomic E-state index is 0.464. The molecule has 2 aromatic carbocycles. The fourth-order valence-corrected chi connectivity index (χ4v) is 2.14. The molecule has 0 aliphatic heterocycles. The maximum absolute atomic E-state index is 6.27. The Kier molecular flexibility index (Phi) is 5.22. The minimum Gasteiger partial charge on any atom is -0.488 e. The van der Waals surface area contributed by atoms with Gasteiger partial charge in [-0.3, -0.25) is 0 Å². The number of hydrogen-bond acceptors (Lipinski definition) is 2. The van der Waals surface area contributed by atoms with Crippen molar-refractivity contribution in [1.82, 2.24) is 5.32 Å². The van der Waals surface area contributed by atoms with E-state index in [1.54, 1.807) is 0 Å². The van der Waals surface area contributed by atoms with Crippen LogP contribution in [0, 0.1) is 0 Å². The van der Waals surface area contributed by atoms with Gasteiger partial charge in [0.05, 0.1) is 5.02 Å². The first-order chi connectivity index (χ1) is 9.70. The summed E-state index contributed by atoms with van der Waals surface area (Å²) in [4.78, 5) is 0. The van der Waals surface area contributed by atoms with Crippen LogP contribution < -0.4 is 10.1 Å². The summed E-state index contributed by atoms with van der Waals surface area (Å²) in [5, 5.41) is 3.65. The molecule has 0 heterocycles. The molecular formula is C17H18ClNO. The smallest absolute Gasteiger partial charge is 0.138 e. The van der Waals surface area contributed by atoms with Gasteiger partial charge in [0, 0.05) is 6.54 Å². The molecule has 0 aliphatic rings. The van der Waals surface area contributed by atoms with Crippen LogP contribution in [0.5, 0.6) is 5.75 Å². The molecule has 0 radical (unpaired) electrons. The van der Waals surface area contributed by atoms with E-state index in [9.17, 15) is 0 Å². The molecule has 0 amide bonds. The van der Waals surface area contributed by atoms with Gasteiger partial charge in [0.15, 0.2) is 0 Å². The van der Waals surface area contributed by atoms with Crippen LogP contribution in [0.2, 0.25) is 5.02 Å². The number of likely N-dealkylation sites (N-methyl/N-ethyl adjacent to an activating group) is 1. The van der Waals surface area contributed by atoms with E-state index in [2.05, 4.69) is 24.0 Å². The van der Waals surface area contributed by atoms with Crippen LogP contribution in [-0.4, -0.2) is 20.2 Å². The average Bonchev–Trinajstić information content (AvgIpc) is 2.47. The third-order valence-electron chi connectivity index (χ3n) is 2.90. The van der Waals surface area contributed by atoms with E-state index in [0.717, 1.165) is 23.2 Å². The Hall–Kier alpha value is -1.77. The van der Waals surface area contributed by atoms with E-state index in [0.29, 0.717) is 17.4 Å². The third kappa shape index (κ3) is 3.86. The Balaban J connectivity index is 2.08. The molecule has 2 rings (SSSR count). The van der Waals surface area contributed by atoms with E-state index in [-0.39, 0.29) is 0 Å². The van der Waals surface area contributed by atoms with Crippen molar-refractivity contribution in [2.45, 2.75) is 0 Å². The van der Waals surface area contributed by atoms with Gasteiger partial charge < -0.3 is 10.1 Å². The maximum atomic E-state index is 6.27. The SMILES string of the molecule is C=C(CNC)COc1ccc(-c2ccccc2)cc1Cl. The normalized spacial score (nSPS) is 10.3. The molecule has 104 valence electrons. The molecule has 2 aromatic rings. The Morgan fingerprint density at radius 1 is 1.15 bits per heavy atom. The first-order valence-corrected chi connectivity index (χ1v) is 6.87. The molecule has 0 saturated carbocycles. The van der Waals surface area contributed by atoms with Crippen LogP contribution in [0.4, 0.5) is 0 Å². The fourth-order valence-electron chi connectivity index (χ4n) is 1.91. The summed E-state index contributed by atoms with van der Waals surface area (Å²) in [7, 11) is 1.88. The minimum absolute atomic E-state index is 0.464. The van der Waals surface area contributed by atoms with Gasteiger partial charge in [-0.2, -0.15) is 0 Å². The third-order valence-corrected chi connectivity index (χ3v) is 3.19. The van der Waals surface area contributed by atoms with Gasteiger partial charge in [-0.05, 0) is 35.9 Å².